The second-order valence-electron chi connectivity index (χ2n) is 5.68. The first-order chi connectivity index (χ1) is 12.2. The molecule has 4 rings (SSSR count). The number of nitrogens with zero attached hydrogens (tertiary/aromatic N) is 2. The maximum Gasteiger partial charge on any atom is 0.244 e. The maximum absolute atomic E-state index is 12.0. The quantitative estimate of drug-likeness (QED) is 0.780. The van der Waals surface area contributed by atoms with Crippen molar-refractivity contribution in [1.29, 1.82) is 0 Å². The maximum atomic E-state index is 12.0. The summed E-state index contributed by atoms with van der Waals surface area (Å²) in [6.45, 7) is 0.0821. The van der Waals surface area contributed by atoms with Gasteiger partial charge in [0.05, 0.1) is 11.6 Å². The zero-order valence-corrected chi connectivity index (χ0v) is 14.1. The van der Waals surface area contributed by atoms with Crippen molar-refractivity contribution in [1.82, 2.24) is 9.88 Å². The van der Waals surface area contributed by atoms with E-state index in [0.29, 0.717) is 23.2 Å². The molecule has 0 spiro atoms. The van der Waals surface area contributed by atoms with Crippen molar-refractivity contribution >= 4 is 40.4 Å². The topological polar surface area (TPSA) is 75.4 Å². The molecule has 0 atom stereocenters. The van der Waals surface area contributed by atoms with Crippen LogP contribution in [0.2, 0.25) is 0 Å². The molecule has 1 N–H and O–H groups in total. The number of rotatable bonds is 4. The lowest BCUT2D eigenvalue weighted by Crippen LogP contribution is -2.34. The smallest absolute Gasteiger partial charge is 0.244 e. The van der Waals surface area contributed by atoms with Gasteiger partial charge in [-0.3, -0.25) is 9.59 Å². The standard InChI is InChI=1S/C18H15N3O3S/c22-16(9-21-11-25-10-17(21)23)19-13-7-5-12(6-8-13)18-20-14-3-1-2-4-15(14)24-18/h1-8H,9-11H2,(H,19,22). The van der Waals surface area contributed by atoms with E-state index in [-0.39, 0.29) is 18.4 Å². The van der Waals surface area contributed by atoms with Crippen LogP contribution in [0, 0.1) is 0 Å². The van der Waals surface area contributed by atoms with Crippen LogP contribution in [0.3, 0.4) is 0 Å². The predicted octanol–water partition coefficient (Wildman–Crippen LogP) is 2.97. The van der Waals surface area contributed by atoms with Crippen LogP contribution in [0.5, 0.6) is 0 Å². The van der Waals surface area contributed by atoms with E-state index >= 15 is 0 Å². The van der Waals surface area contributed by atoms with E-state index in [1.165, 1.54) is 11.8 Å². The second-order valence-corrected chi connectivity index (χ2v) is 6.64. The summed E-state index contributed by atoms with van der Waals surface area (Å²) in [5.74, 6) is 1.37. The number of carbonyl (C=O) groups excluding carboxylic acids is 2. The summed E-state index contributed by atoms with van der Waals surface area (Å²) < 4.78 is 5.73. The van der Waals surface area contributed by atoms with E-state index < -0.39 is 0 Å². The van der Waals surface area contributed by atoms with Crippen molar-refractivity contribution in [3.8, 4) is 11.5 Å². The Bertz CT molecular complexity index is 903. The first-order valence-corrected chi connectivity index (χ1v) is 8.96. The molecular weight excluding hydrogens is 338 g/mol. The normalized spacial score (nSPS) is 14.2. The van der Waals surface area contributed by atoms with Crippen LogP contribution in [-0.4, -0.2) is 39.9 Å². The minimum absolute atomic E-state index is 0.00598. The number of thioether (sulfide) groups is 1. The molecule has 1 fully saturated rings. The van der Waals surface area contributed by atoms with Crippen molar-refractivity contribution in [2.24, 2.45) is 0 Å². The molecule has 1 aromatic heterocycles. The van der Waals surface area contributed by atoms with Gasteiger partial charge >= 0.3 is 0 Å². The number of para-hydroxylation sites is 2. The summed E-state index contributed by atoms with van der Waals surface area (Å²) >= 11 is 1.52. The highest BCUT2D eigenvalue weighted by Crippen LogP contribution is 2.25. The predicted molar refractivity (Wildman–Crippen MR) is 97.1 cm³/mol. The number of carbonyl (C=O) groups is 2. The summed E-state index contributed by atoms with van der Waals surface area (Å²) in [4.78, 5) is 29.6. The zero-order chi connectivity index (χ0) is 17.2. The van der Waals surface area contributed by atoms with Crippen LogP contribution in [0.25, 0.3) is 22.6 Å². The third-order valence-corrected chi connectivity index (χ3v) is 4.81. The van der Waals surface area contributed by atoms with Gasteiger partial charge in [-0.25, -0.2) is 4.98 Å². The van der Waals surface area contributed by atoms with E-state index in [0.717, 1.165) is 16.7 Å². The van der Waals surface area contributed by atoms with Crippen molar-refractivity contribution < 1.29 is 14.0 Å². The molecule has 25 heavy (non-hydrogen) atoms. The summed E-state index contributed by atoms with van der Waals surface area (Å²) in [7, 11) is 0. The monoisotopic (exact) mass is 353 g/mol. The van der Waals surface area contributed by atoms with E-state index in [4.69, 9.17) is 4.42 Å². The van der Waals surface area contributed by atoms with Gasteiger partial charge in [-0.1, -0.05) is 12.1 Å². The molecule has 1 saturated heterocycles. The molecule has 126 valence electrons. The molecule has 6 nitrogen and oxygen atoms in total. The number of anilines is 1. The number of hydrogen-bond acceptors (Lipinski definition) is 5. The average molecular weight is 353 g/mol. The van der Waals surface area contributed by atoms with Crippen LogP contribution in [0.1, 0.15) is 0 Å². The number of amides is 2. The Labute approximate surface area is 148 Å². The lowest BCUT2D eigenvalue weighted by Gasteiger charge is -2.14. The van der Waals surface area contributed by atoms with Gasteiger partial charge in [0.25, 0.3) is 0 Å². The molecule has 0 radical (unpaired) electrons. The van der Waals surface area contributed by atoms with Crippen LogP contribution in [0.4, 0.5) is 5.69 Å². The molecule has 0 aliphatic carbocycles. The van der Waals surface area contributed by atoms with Gasteiger partial charge < -0.3 is 14.6 Å². The highest BCUT2D eigenvalue weighted by Gasteiger charge is 2.22. The molecule has 2 heterocycles. The van der Waals surface area contributed by atoms with Crippen molar-refractivity contribution in [3.63, 3.8) is 0 Å². The van der Waals surface area contributed by atoms with Crippen LogP contribution in [-0.2, 0) is 9.59 Å². The van der Waals surface area contributed by atoms with E-state index in [1.807, 2.05) is 36.4 Å². The lowest BCUT2D eigenvalue weighted by atomic mass is 10.2. The molecule has 1 aliphatic heterocycles. The van der Waals surface area contributed by atoms with Gasteiger partial charge in [0.1, 0.15) is 12.1 Å². The third kappa shape index (κ3) is 3.36. The Morgan fingerprint density at radius 3 is 2.72 bits per heavy atom. The molecule has 0 saturated carbocycles. The van der Waals surface area contributed by atoms with Crippen molar-refractivity contribution in [2.75, 3.05) is 23.5 Å². The summed E-state index contributed by atoms with van der Waals surface area (Å²) in [5, 5.41) is 2.80. The largest absolute Gasteiger partial charge is 0.436 e. The number of fused-ring (bicyclic) bond motifs is 1. The van der Waals surface area contributed by atoms with Crippen molar-refractivity contribution in [3.05, 3.63) is 48.5 Å². The molecule has 0 bridgehead atoms. The van der Waals surface area contributed by atoms with Gasteiger partial charge in [-0.15, -0.1) is 11.8 Å². The molecular formula is C18H15N3O3S. The van der Waals surface area contributed by atoms with Gasteiger partial charge in [-0.05, 0) is 36.4 Å². The third-order valence-electron chi connectivity index (χ3n) is 3.87. The Morgan fingerprint density at radius 1 is 1.20 bits per heavy atom. The van der Waals surface area contributed by atoms with Crippen LogP contribution >= 0.6 is 11.8 Å². The fourth-order valence-electron chi connectivity index (χ4n) is 2.61. The van der Waals surface area contributed by atoms with E-state index in [2.05, 4.69) is 10.3 Å². The van der Waals surface area contributed by atoms with Crippen molar-refractivity contribution in [2.45, 2.75) is 0 Å². The number of benzene rings is 2. The minimum atomic E-state index is -0.203. The van der Waals surface area contributed by atoms with Gasteiger partial charge in [0.15, 0.2) is 5.58 Å². The minimum Gasteiger partial charge on any atom is -0.436 e. The molecule has 0 unspecified atom stereocenters. The molecule has 2 amide bonds. The van der Waals surface area contributed by atoms with Crippen LogP contribution in [0.15, 0.2) is 52.9 Å². The van der Waals surface area contributed by atoms with E-state index in [9.17, 15) is 9.59 Å². The number of nitrogens with one attached hydrogen (secondary N) is 1. The number of hydrogen-bond donors (Lipinski definition) is 1. The average Bonchev–Trinajstić information content (AvgIpc) is 3.22. The van der Waals surface area contributed by atoms with Crippen LogP contribution < -0.4 is 5.32 Å². The summed E-state index contributed by atoms with van der Waals surface area (Å²) in [6, 6.07) is 14.9. The Balaban J connectivity index is 1.44. The van der Waals surface area contributed by atoms with Gasteiger partial charge in [-0.2, -0.15) is 0 Å². The number of oxazole rings is 1. The first-order valence-electron chi connectivity index (χ1n) is 7.80. The lowest BCUT2D eigenvalue weighted by molar-refractivity contribution is -0.130. The van der Waals surface area contributed by atoms with E-state index in [1.54, 1.807) is 17.0 Å². The van der Waals surface area contributed by atoms with Gasteiger partial charge in [0, 0.05) is 11.3 Å². The Morgan fingerprint density at radius 2 is 2.00 bits per heavy atom. The Kier molecular flexibility index (Phi) is 4.15. The Hall–Kier alpha value is -2.80. The molecule has 2 aromatic carbocycles. The fourth-order valence-corrected chi connectivity index (χ4v) is 3.51. The summed E-state index contributed by atoms with van der Waals surface area (Å²) in [6.07, 6.45) is 0. The molecule has 3 aromatic rings. The highest BCUT2D eigenvalue weighted by molar-refractivity contribution is 8.00. The SMILES string of the molecule is O=C(CN1CSCC1=O)Nc1ccc(-c2nc3ccccc3o2)cc1. The zero-order valence-electron chi connectivity index (χ0n) is 13.3. The fraction of sp³-hybridized carbons (Fsp3) is 0.167. The molecule has 1 aliphatic rings. The van der Waals surface area contributed by atoms with Gasteiger partial charge in [0.2, 0.25) is 17.7 Å². The highest BCUT2D eigenvalue weighted by atomic mass is 32.2. The number of aromatic nitrogens is 1. The molecule has 7 heteroatoms. The second kappa shape index (κ2) is 6.60. The first kappa shape index (κ1) is 15.7. The summed E-state index contributed by atoms with van der Waals surface area (Å²) in [5.41, 5.74) is 3.05.